The molecule has 2 heterocycles. The summed E-state index contributed by atoms with van der Waals surface area (Å²) in [6, 6.07) is 3.20. The zero-order valence-corrected chi connectivity index (χ0v) is 15.9. The molecule has 0 saturated heterocycles. The smallest absolute Gasteiger partial charge is 0.244 e. The zero-order valence-electron chi connectivity index (χ0n) is 15.9. The third-order valence-electron chi connectivity index (χ3n) is 4.32. The molecule has 1 fully saturated rings. The van der Waals surface area contributed by atoms with E-state index in [1.807, 2.05) is 6.07 Å². The number of carbonyl (C=O) groups is 2. The van der Waals surface area contributed by atoms with Gasteiger partial charge in [-0.2, -0.15) is 5.26 Å². The van der Waals surface area contributed by atoms with Gasteiger partial charge in [-0.3, -0.25) is 14.6 Å². The van der Waals surface area contributed by atoms with Gasteiger partial charge >= 0.3 is 0 Å². The van der Waals surface area contributed by atoms with Gasteiger partial charge in [-0.15, -0.1) is 0 Å². The molecule has 144 valence electrons. The monoisotopic (exact) mass is 379 g/mol. The van der Waals surface area contributed by atoms with Gasteiger partial charge in [-0.05, 0) is 25.8 Å². The van der Waals surface area contributed by atoms with Crippen molar-refractivity contribution in [2.75, 3.05) is 24.7 Å². The molecule has 1 aliphatic carbocycles. The van der Waals surface area contributed by atoms with E-state index in [4.69, 9.17) is 0 Å². The molecule has 0 radical (unpaired) electrons. The van der Waals surface area contributed by atoms with Gasteiger partial charge in [-0.1, -0.05) is 0 Å². The summed E-state index contributed by atoms with van der Waals surface area (Å²) in [5, 5.41) is 15.1. The minimum Gasteiger partial charge on any atom is -0.372 e. The summed E-state index contributed by atoms with van der Waals surface area (Å²) in [6.07, 6.45) is 6.37. The summed E-state index contributed by atoms with van der Waals surface area (Å²) in [4.78, 5) is 38.0. The molecule has 0 aliphatic heterocycles. The zero-order chi connectivity index (χ0) is 20.3. The Labute approximate surface area is 162 Å². The number of hydrogen-bond acceptors (Lipinski definition) is 7. The molecule has 2 amide bonds. The second kappa shape index (κ2) is 8.00. The molecule has 0 bridgehead atoms. The molecular weight excluding hydrogens is 358 g/mol. The molecule has 2 aromatic rings. The van der Waals surface area contributed by atoms with Crippen molar-refractivity contribution in [3.05, 3.63) is 30.4 Å². The summed E-state index contributed by atoms with van der Waals surface area (Å²) in [5.74, 6) is 0.327. The van der Waals surface area contributed by atoms with Crippen LogP contribution in [-0.4, -0.2) is 51.8 Å². The average molecular weight is 379 g/mol. The van der Waals surface area contributed by atoms with Gasteiger partial charge in [-0.25, -0.2) is 9.97 Å². The van der Waals surface area contributed by atoms with Crippen LogP contribution in [0.3, 0.4) is 0 Å². The largest absolute Gasteiger partial charge is 0.372 e. The summed E-state index contributed by atoms with van der Waals surface area (Å²) in [6.45, 7) is 1.72. The van der Waals surface area contributed by atoms with Gasteiger partial charge in [0.05, 0.1) is 23.8 Å². The van der Waals surface area contributed by atoms with Crippen LogP contribution in [0.25, 0.3) is 11.3 Å². The second-order valence-electron chi connectivity index (χ2n) is 6.88. The average Bonchev–Trinajstić information content (AvgIpc) is 3.53. The predicted molar refractivity (Wildman–Crippen MR) is 103 cm³/mol. The lowest BCUT2D eigenvalue weighted by atomic mass is 10.1. The lowest BCUT2D eigenvalue weighted by Gasteiger charge is -2.19. The highest BCUT2D eigenvalue weighted by Crippen LogP contribution is 2.30. The number of amides is 2. The maximum Gasteiger partial charge on any atom is 0.244 e. The van der Waals surface area contributed by atoms with Crippen molar-refractivity contribution in [3.63, 3.8) is 0 Å². The van der Waals surface area contributed by atoms with Crippen molar-refractivity contribution in [1.82, 2.24) is 19.9 Å². The molecule has 9 nitrogen and oxygen atoms in total. The fourth-order valence-electron chi connectivity index (χ4n) is 2.60. The van der Waals surface area contributed by atoms with E-state index in [-0.39, 0.29) is 23.4 Å². The number of nitrogens with zero attached hydrogens (tertiary/aromatic N) is 5. The van der Waals surface area contributed by atoms with Crippen LogP contribution in [0.2, 0.25) is 0 Å². The maximum atomic E-state index is 12.1. The van der Waals surface area contributed by atoms with Gasteiger partial charge in [0.25, 0.3) is 0 Å². The summed E-state index contributed by atoms with van der Waals surface area (Å²) < 4.78 is 0. The van der Waals surface area contributed by atoms with Gasteiger partial charge in [0, 0.05) is 31.8 Å². The van der Waals surface area contributed by atoms with Crippen LogP contribution in [-0.2, 0) is 9.59 Å². The van der Waals surface area contributed by atoms with E-state index in [9.17, 15) is 14.9 Å². The van der Waals surface area contributed by atoms with Crippen LogP contribution in [0.5, 0.6) is 0 Å². The number of hydrogen-bond donors (Lipinski definition) is 2. The van der Waals surface area contributed by atoms with Crippen molar-refractivity contribution >= 4 is 23.3 Å². The number of carbonyl (C=O) groups excluding carboxylic acids is 2. The van der Waals surface area contributed by atoms with Crippen molar-refractivity contribution < 1.29 is 9.59 Å². The molecule has 9 heteroatoms. The van der Waals surface area contributed by atoms with Crippen LogP contribution in [0.1, 0.15) is 25.5 Å². The van der Waals surface area contributed by atoms with E-state index in [0.717, 1.165) is 12.8 Å². The predicted octanol–water partition coefficient (Wildman–Crippen LogP) is 1.65. The van der Waals surface area contributed by atoms with Crippen LogP contribution in [0, 0.1) is 17.2 Å². The Kier molecular flexibility index (Phi) is 5.49. The van der Waals surface area contributed by atoms with Crippen molar-refractivity contribution in [1.29, 1.82) is 5.26 Å². The van der Waals surface area contributed by atoms with E-state index in [1.54, 1.807) is 27.1 Å². The normalized spacial score (nSPS) is 13.9. The van der Waals surface area contributed by atoms with Gasteiger partial charge in [0.15, 0.2) is 11.5 Å². The molecule has 2 aromatic heterocycles. The fourth-order valence-corrected chi connectivity index (χ4v) is 2.60. The molecular formula is C19H21N7O2. The lowest BCUT2D eigenvalue weighted by Crippen LogP contribution is -2.36. The Hall–Kier alpha value is -3.54. The second-order valence-corrected chi connectivity index (χ2v) is 6.88. The minimum atomic E-state index is -0.523. The summed E-state index contributed by atoms with van der Waals surface area (Å²) in [5.41, 5.74) is 1.80. The van der Waals surface area contributed by atoms with Gasteiger partial charge < -0.3 is 15.5 Å². The standard InChI is InChI=1S/C19H21N7O2/c1-11(19(28)26(2)3)24-14-6-13(8-21-15(14)7-20)16-9-23-17(10-22-16)25-18(27)12-4-5-12/h6,8-12,24H,4-5H2,1-3H3,(H,23,25,27). The number of rotatable bonds is 6. The number of anilines is 2. The third-order valence-corrected chi connectivity index (χ3v) is 4.32. The Morgan fingerprint density at radius 3 is 2.54 bits per heavy atom. The van der Waals surface area contributed by atoms with Crippen LogP contribution in [0.4, 0.5) is 11.5 Å². The molecule has 1 atom stereocenters. The molecule has 2 N–H and O–H groups in total. The summed E-state index contributed by atoms with van der Waals surface area (Å²) in [7, 11) is 3.33. The number of aromatic nitrogens is 3. The number of pyridine rings is 1. The van der Waals surface area contributed by atoms with Gasteiger partial charge in [0.2, 0.25) is 11.8 Å². The van der Waals surface area contributed by atoms with Crippen molar-refractivity contribution in [2.24, 2.45) is 5.92 Å². The molecule has 3 rings (SSSR count). The Bertz CT molecular complexity index is 930. The van der Waals surface area contributed by atoms with E-state index in [1.165, 1.54) is 23.5 Å². The van der Waals surface area contributed by atoms with E-state index < -0.39 is 6.04 Å². The first kappa shape index (κ1) is 19.2. The van der Waals surface area contributed by atoms with Crippen LogP contribution in [0.15, 0.2) is 24.7 Å². The first-order valence-corrected chi connectivity index (χ1v) is 8.90. The van der Waals surface area contributed by atoms with Crippen molar-refractivity contribution in [3.8, 4) is 17.3 Å². The highest BCUT2D eigenvalue weighted by Gasteiger charge is 2.29. The SMILES string of the molecule is CC(Nc1cc(-c2cnc(NC(=O)C3CC3)cn2)cnc1C#N)C(=O)N(C)C. The van der Waals surface area contributed by atoms with Crippen molar-refractivity contribution in [2.45, 2.75) is 25.8 Å². The Morgan fingerprint density at radius 1 is 1.21 bits per heavy atom. The topological polar surface area (TPSA) is 124 Å². The number of likely N-dealkylation sites (N-methyl/N-ethyl adjacent to an activating group) is 1. The Morgan fingerprint density at radius 2 is 1.96 bits per heavy atom. The fraction of sp³-hybridized carbons (Fsp3) is 0.368. The summed E-state index contributed by atoms with van der Waals surface area (Å²) >= 11 is 0. The molecule has 1 saturated carbocycles. The lowest BCUT2D eigenvalue weighted by molar-refractivity contribution is -0.129. The highest BCUT2D eigenvalue weighted by molar-refractivity contribution is 5.93. The molecule has 1 unspecified atom stereocenters. The number of nitrogens with one attached hydrogen (secondary N) is 2. The maximum absolute atomic E-state index is 12.1. The molecule has 0 spiro atoms. The van der Waals surface area contributed by atoms with Crippen LogP contribution >= 0.6 is 0 Å². The Balaban J connectivity index is 1.79. The van der Waals surface area contributed by atoms with Gasteiger partial charge in [0.1, 0.15) is 12.1 Å². The third kappa shape index (κ3) is 4.40. The molecule has 28 heavy (non-hydrogen) atoms. The van der Waals surface area contributed by atoms with E-state index >= 15 is 0 Å². The first-order valence-electron chi connectivity index (χ1n) is 8.90. The van der Waals surface area contributed by atoms with Crippen LogP contribution < -0.4 is 10.6 Å². The highest BCUT2D eigenvalue weighted by atomic mass is 16.2. The molecule has 0 aromatic carbocycles. The van der Waals surface area contributed by atoms with E-state index in [2.05, 4.69) is 25.6 Å². The quantitative estimate of drug-likeness (QED) is 0.782. The number of nitriles is 1. The van der Waals surface area contributed by atoms with E-state index in [0.29, 0.717) is 22.8 Å². The first-order chi connectivity index (χ1) is 13.4. The minimum absolute atomic E-state index is 0.0341. The molecule has 1 aliphatic rings.